The normalized spacial score (nSPS) is 20.8. The molecule has 1 aromatic carbocycles. The van der Waals surface area contributed by atoms with Gasteiger partial charge in [0.05, 0.1) is 12.1 Å². The van der Waals surface area contributed by atoms with Crippen LogP contribution in [0.5, 0.6) is 0 Å². The maximum Gasteiger partial charge on any atom is 0.252 e. The van der Waals surface area contributed by atoms with Gasteiger partial charge in [0.1, 0.15) is 5.82 Å². The molecule has 0 aromatic heterocycles. The van der Waals surface area contributed by atoms with Gasteiger partial charge in [-0.05, 0) is 30.5 Å². The van der Waals surface area contributed by atoms with Gasteiger partial charge in [0.2, 0.25) is 0 Å². The topological polar surface area (TPSA) is 55.1 Å². The fraction of sp³-hybridized carbons (Fsp3) is 0.357. The van der Waals surface area contributed by atoms with Crippen molar-refractivity contribution in [2.45, 2.75) is 19.4 Å². The second-order valence-electron chi connectivity index (χ2n) is 4.49. The summed E-state index contributed by atoms with van der Waals surface area (Å²) in [6.07, 6.45) is 0.977. The van der Waals surface area contributed by atoms with Crippen LogP contribution in [0.4, 0.5) is 4.39 Å². The quantitative estimate of drug-likeness (QED) is 0.772. The zero-order valence-corrected chi connectivity index (χ0v) is 10.2. The van der Waals surface area contributed by atoms with Crippen LogP contribution in [0.2, 0.25) is 0 Å². The third kappa shape index (κ3) is 2.88. The van der Waals surface area contributed by atoms with E-state index in [1.54, 1.807) is 0 Å². The molecule has 1 amide bonds. The molecule has 4 heteroatoms. The van der Waals surface area contributed by atoms with Gasteiger partial charge >= 0.3 is 0 Å². The number of carbonyl (C=O) groups is 1. The number of nitrogens with one attached hydrogen (secondary N) is 1. The number of rotatable bonds is 2. The predicted octanol–water partition coefficient (Wildman–Crippen LogP) is 1.27. The fourth-order valence-electron chi connectivity index (χ4n) is 1.73. The first-order chi connectivity index (χ1) is 8.61. The Kier molecular flexibility index (Phi) is 3.63. The Bertz CT molecular complexity index is 530. The first kappa shape index (κ1) is 12.6. The average Bonchev–Trinajstić information content (AvgIpc) is 3.03. The summed E-state index contributed by atoms with van der Waals surface area (Å²) in [4.78, 5) is 12.0. The van der Waals surface area contributed by atoms with Crippen LogP contribution in [0.25, 0.3) is 0 Å². The van der Waals surface area contributed by atoms with E-state index in [4.69, 9.17) is 5.73 Å². The fourth-order valence-corrected chi connectivity index (χ4v) is 1.73. The Morgan fingerprint density at radius 2 is 2.33 bits per heavy atom. The Hall–Kier alpha value is -1.86. The van der Waals surface area contributed by atoms with Gasteiger partial charge < -0.3 is 11.1 Å². The van der Waals surface area contributed by atoms with Crippen LogP contribution in [0, 0.1) is 23.6 Å². The summed E-state index contributed by atoms with van der Waals surface area (Å²) in [6, 6.07) is 4.21. The SMILES string of the molecule is CC1CC1NC(=O)c1cc(F)ccc1C#CCN. The van der Waals surface area contributed by atoms with E-state index in [0.29, 0.717) is 11.5 Å². The lowest BCUT2D eigenvalue weighted by atomic mass is 10.1. The lowest BCUT2D eigenvalue weighted by Gasteiger charge is -2.06. The van der Waals surface area contributed by atoms with Crippen LogP contribution in [0.3, 0.4) is 0 Å². The summed E-state index contributed by atoms with van der Waals surface area (Å²) >= 11 is 0. The molecule has 94 valence electrons. The molecule has 1 aliphatic rings. The van der Waals surface area contributed by atoms with Crippen molar-refractivity contribution in [3.8, 4) is 11.8 Å². The highest BCUT2D eigenvalue weighted by Crippen LogP contribution is 2.29. The first-order valence-corrected chi connectivity index (χ1v) is 5.91. The Morgan fingerprint density at radius 1 is 1.61 bits per heavy atom. The molecule has 0 saturated heterocycles. The molecule has 18 heavy (non-hydrogen) atoms. The van der Waals surface area contributed by atoms with Crippen molar-refractivity contribution in [1.29, 1.82) is 0 Å². The van der Waals surface area contributed by atoms with Gasteiger partial charge in [-0.2, -0.15) is 0 Å². The number of nitrogens with two attached hydrogens (primary N) is 1. The molecule has 0 radical (unpaired) electrons. The standard InChI is InChI=1S/C14H15FN2O/c1-9-7-13(9)17-14(18)12-8-11(15)5-4-10(12)3-2-6-16/h4-5,8-9,13H,6-7,16H2,1H3,(H,17,18). The number of carbonyl (C=O) groups excluding carboxylic acids is 1. The molecule has 1 aliphatic carbocycles. The van der Waals surface area contributed by atoms with Crippen molar-refractivity contribution in [3.63, 3.8) is 0 Å². The van der Waals surface area contributed by atoms with E-state index < -0.39 is 5.82 Å². The second kappa shape index (κ2) is 5.19. The molecule has 0 heterocycles. The van der Waals surface area contributed by atoms with Crippen LogP contribution in [0.15, 0.2) is 18.2 Å². The molecule has 2 atom stereocenters. The van der Waals surface area contributed by atoms with Crippen LogP contribution >= 0.6 is 0 Å². The smallest absolute Gasteiger partial charge is 0.252 e. The number of halogens is 1. The van der Waals surface area contributed by atoms with Gasteiger partial charge in [0.25, 0.3) is 5.91 Å². The zero-order chi connectivity index (χ0) is 13.1. The van der Waals surface area contributed by atoms with Gasteiger partial charge in [0.15, 0.2) is 0 Å². The summed E-state index contributed by atoms with van der Waals surface area (Å²) in [6.45, 7) is 2.27. The van der Waals surface area contributed by atoms with Gasteiger partial charge in [-0.15, -0.1) is 0 Å². The van der Waals surface area contributed by atoms with E-state index in [2.05, 4.69) is 24.1 Å². The molecule has 0 aliphatic heterocycles. The van der Waals surface area contributed by atoms with E-state index in [9.17, 15) is 9.18 Å². The largest absolute Gasteiger partial charge is 0.349 e. The molecule has 1 saturated carbocycles. The first-order valence-electron chi connectivity index (χ1n) is 5.91. The third-order valence-corrected chi connectivity index (χ3v) is 2.98. The van der Waals surface area contributed by atoms with E-state index in [0.717, 1.165) is 6.42 Å². The van der Waals surface area contributed by atoms with Crippen LogP contribution < -0.4 is 11.1 Å². The predicted molar refractivity (Wildman–Crippen MR) is 67.4 cm³/mol. The molecule has 2 unspecified atom stereocenters. The number of hydrogen-bond acceptors (Lipinski definition) is 2. The van der Waals surface area contributed by atoms with Gasteiger partial charge in [-0.25, -0.2) is 4.39 Å². The van der Waals surface area contributed by atoms with Crippen LogP contribution in [-0.2, 0) is 0 Å². The van der Waals surface area contributed by atoms with Gasteiger partial charge in [-0.3, -0.25) is 4.79 Å². The Labute approximate surface area is 106 Å². The van der Waals surface area contributed by atoms with Crippen LogP contribution in [0.1, 0.15) is 29.3 Å². The van der Waals surface area contributed by atoms with Gasteiger partial charge in [-0.1, -0.05) is 18.8 Å². The molecule has 3 nitrogen and oxygen atoms in total. The maximum absolute atomic E-state index is 13.2. The minimum atomic E-state index is -0.442. The molecule has 0 bridgehead atoms. The molecule has 1 aromatic rings. The average molecular weight is 246 g/mol. The van der Waals surface area contributed by atoms with E-state index in [-0.39, 0.29) is 24.1 Å². The number of benzene rings is 1. The van der Waals surface area contributed by atoms with Crippen molar-refractivity contribution in [2.75, 3.05) is 6.54 Å². The summed E-state index contributed by atoms with van der Waals surface area (Å²) in [5.74, 6) is 5.24. The van der Waals surface area contributed by atoms with Crippen molar-refractivity contribution in [2.24, 2.45) is 11.7 Å². The molecular weight excluding hydrogens is 231 g/mol. The van der Waals surface area contributed by atoms with E-state index in [1.807, 2.05) is 0 Å². The van der Waals surface area contributed by atoms with Crippen molar-refractivity contribution >= 4 is 5.91 Å². The Balaban J connectivity index is 2.23. The van der Waals surface area contributed by atoms with E-state index in [1.165, 1.54) is 18.2 Å². The van der Waals surface area contributed by atoms with Crippen molar-refractivity contribution in [1.82, 2.24) is 5.32 Å². The minimum absolute atomic E-state index is 0.205. The summed E-state index contributed by atoms with van der Waals surface area (Å²) in [5.41, 5.74) is 6.07. The highest BCUT2D eigenvalue weighted by molar-refractivity contribution is 5.97. The highest BCUT2D eigenvalue weighted by atomic mass is 19.1. The number of hydrogen-bond donors (Lipinski definition) is 2. The second-order valence-corrected chi connectivity index (χ2v) is 4.49. The molecule has 1 fully saturated rings. The van der Waals surface area contributed by atoms with Crippen molar-refractivity contribution < 1.29 is 9.18 Å². The summed E-state index contributed by atoms with van der Waals surface area (Å²) in [5, 5.41) is 2.86. The highest BCUT2D eigenvalue weighted by Gasteiger charge is 2.34. The van der Waals surface area contributed by atoms with E-state index >= 15 is 0 Å². The molecule has 0 spiro atoms. The molecular formula is C14H15FN2O. The lowest BCUT2D eigenvalue weighted by Crippen LogP contribution is -2.27. The third-order valence-electron chi connectivity index (χ3n) is 2.98. The summed E-state index contributed by atoms with van der Waals surface area (Å²) < 4.78 is 13.2. The van der Waals surface area contributed by atoms with Crippen molar-refractivity contribution in [3.05, 3.63) is 35.1 Å². The maximum atomic E-state index is 13.2. The molecule has 3 N–H and O–H groups in total. The minimum Gasteiger partial charge on any atom is -0.349 e. The Morgan fingerprint density at radius 3 is 2.94 bits per heavy atom. The molecule has 2 rings (SSSR count). The monoisotopic (exact) mass is 246 g/mol. The van der Waals surface area contributed by atoms with Crippen LogP contribution in [-0.4, -0.2) is 18.5 Å². The van der Waals surface area contributed by atoms with Gasteiger partial charge in [0, 0.05) is 11.6 Å². The lowest BCUT2D eigenvalue weighted by molar-refractivity contribution is 0.0948. The number of amides is 1. The zero-order valence-electron chi connectivity index (χ0n) is 10.2. The summed E-state index contributed by atoms with van der Waals surface area (Å²) in [7, 11) is 0.